The second-order valence-corrected chi connectivity index (χ2v) is 8.11. The summed E-state index contributed by atoms with van der Waals surface area (Å²) in [7, 11) is 0. The second-order valence-electron chi connectivity index (χ2n) is 8.11. The van der Waals surface area contributed by atoms with Crippen LogP contribution in [0, 0.1) is 18.8 Å². The molecule has 0 saturated heterocycles. The van der Waals surface area contributed by atoms with Gasteiger partial charge in [0.2, 0.25) is 5.91 Å². The van der Waals surface area contributed by atoms with Crippen molar-refractivity contribution in [3.63, 3.8) is 0 Å². The van der Waals surface area contributed by atoms with E-state index in [0.29, 0.717) is 11.7 Å². The van der Waals surface area contributed by atoms with E-state index in [-0.39, 0.29) is 11.8 Å². The molecule has 1 aliphatic rings. The highest BCUT2D eigenvalue weighted by molar-refractivity contribution is 5.93. The van der Waals surface area contributed by atoms with Crippen LogP contribution in [0.15, 0.2) is 55.1 Å². The van der Waals surface area contributed by atoms with Gasteiger partial charge < -0.3 is 10.6 Å². The average Bonchev–Trinajstić information content (AvgIpc) is 2.77. The largest absolute Gasteiger partial charge is 0.339 e. The third kappa shape index (κ3) is 4.64. The first kappa shape index (κ1) is 20.0. The van der Waals surface area contributed by atoms with E-state index in [1.165, 1.54) is 12.7 Å². The number of aromatic nitrogens is 3. The molecular formula is C24H27N5O. The average molecular weight is 402 g/mol. The van der Waals surface area contributed by atoms with E-state index in [9.17, 15) is 4.79 Å². The van der Waals surface area contributed by atoms with Crippen molar-refractivity contribution >= 4 is 23.1 Å². The van der Waals surface area contributed by atoms with E-state index >= 15 is 0 Å². The maximum absolute atomic E-state index is 12.7. The van der Waals surface area contributed by atoms with Gasteiger partial charge in [-0.15, -0.1) is 0 Å². The molecule has 2 aromatic heterocycles. The van der Waals surface area contributed by atoms with Crippen molar-refractivity contribution in [1.82, 2.24) is 15.0 Å². The lowest BCUT2D eigenvalue weighted by molar-refractivity contribution is -0.121. The fraction of sp³-hybridized carbons (Fsp3) is 0.333. The van der Waals surface area contributed by atoms with Crippen LogP contribution in [0.1, 0.15) is 38.2 Å². The van der Waals surface area contributed by atoms with Gasteiger partial charge in [0.1, 0.15) is 12.1 Å². The van der Waals surface area contributed by atoms with Crippen LogP contribution < -0.4 is 10.6 Å². The number of pyridine rings is 1. The minimum atomic E-state index is 0.103. The van der Waals surface area contributed by atoms with Crippen molar-refractivity contribution < 1.29 is 4.79 Å². The number of aryl methyl sites for hydroxylation is 1. The number of carbonyl (C=O) groups is 1. The van der Waals surface area contributed by atoms with Gasteiger partial charge in [-0.3, -0.25) is 4.79 Å². The van der Waals surface area contributed by atoms with Gasteiger partial charge in [0.05, 0.1) is 5.69 Å². The van der Waals surface area contributed by atoms with E-state index in [1.54, 1.807) is 12.4 Å². The predicted molar refractivity (Wildman–Crippen MR) is 119 cm³/mol. The van der Waals surface area contributed by atoms with Crippen LogP contribution in [0.3, 0.4) is 0 Å². The highest BCUT2D eigenvalue weighted by atomic mass is 16.1. The van der Waals surface area contributed by atoms with Crippen molar-refractivity contribution in [2.75, 3.05) is 10.6 Å². The Bertz CT molecular complexity index is 1020. The van der Waals surface area contributed by atoms with Gasteiger partial charge in [0.15, 0.2) is 0 Å². The Labute approximate surface area is 177 Å². The van der Waals surface area contributed by atoms with Crippen LogP contribution in [0.25, 0.3) is 11.3 Å². The first-order valence-corrected chi connectivity index (χ1v) is 10.5. The molecule has 2 heterocycles. The van der Waals surface area contributed by atoms with Crippen molar-refractivity contribution in [2.45, 2.75) is 39.5 Å². The molecule has 0 spiro atoms. The van der Waals surface area contributed by atoms with Gasteiger partial charge in [-0.1, -0.05) is 25.8 Å². The maximum Gasteiger partial charge on any atom is 0.227 e. The van der Waals surface area contributed by atoms with Crippen LogP contribution in [-0.2, 0) is 4.79 Å². The highest BCUT2D eigenvalue weighted by Gasteiger charge is 2.25. The number of anilines is 3. The molecule has 1 fully saturated rings. The molecule has 2 N–H and O–H groups in total. The van der Waals surface area contributed by atoms with Crippen LogP contribution in [0.5, 0.6) is 0 Å². The Hall–Kier alpha value is -3.28. The summed E-state index contributed by atoms with van der Waals surface area (Å²) in [6.07, 6.45) is 9.29. The van der Waals surface area contributed by atoms with Crippen molar-refractivity contribution in [1.29, 1.82) is 0 Å². The molecule has 1 aliphatic carbocycles. The lowest BCUT2D eigenvalue weighted by Gasteiger charge is -2.25. The topological polar surface area (TPSA) is 79.8 Å². The van der Waals surface area contributed by atoms with Crippen molar-refractivity contribution in [3.8, 4) is 11.3 Å². The summed E-state index contributed by atoms with van der Waals surface area (Å²) in [5.74, 6) is 1.56. The van der Waals surface area contributed by atoms with Crippen LogP contribution in [0.2, 0.25) is 0 Å². The van der Waals surface area contributed by atoms with E-state index < -0.39 is 0 Å². The molecule has 1 amide bonds. The molecule has 0 aliphatic heterocycles. The van der Waals surface area contributed by atoms with Crippen LogP contribution in [-0.4, -0.2) is 20.9 Å². The lowest BCUT2D eigenvalue weighted by Crippen LogP contribution is -2.27. The van der Waals surface area contributed by atoms with Gasteiger partial charge in [-0.2, -0.15) is 0 Å². The number of nitrogens with one attached hydrogen (secondary N) is 2. The van der Waals surface area contributed by atoms with Gasteiger partial charge in [-0.25, -0.2) is 15.0 Å². The third-order valence-corrected chi connectivity index (χ3v) is 5.73. The molecule has 1 saturated carbocycles. The Balaban J connectivity index is 1.54. The van der Waals surface area contributed by atoms with E-state index in [4.69, 9.17) is 0 Å². The van der Waals surface area contributed by atoms with Gasteiger partial charge >= 0.3 is 0 Å². The predicted octanol–water partition coefficient (Wildman–Crippen LogP) is 5.36. The van der Waals surface area contributed by atoms with E-state index in [0.717, 1.165) is 47.5 Å². The zero-order valence-electron chi connectivity index (χ0n) is 17.4. The summed E-state index contributed by atoms with van der Waals surface area (Å²) >= 11 is 0. The summed E-state index contributed by atoms with van der Waals surface area (Å²) < 4.78 is 0. The monoisotopic (exact) mass is 401 g/mol. The third-order valence-electron chi connectivity index (χ3n) is 5.73. The van der Waals surface area contributed by atoms with Gasteiger partial charge in [0, 0.05) is 35.2 Å². The Morgan fingerprint density at radius 3 is 2.80 bits per heavy atom. The molecule has 0 radical (unpaired) electrons. The van der Waals surface area contributed by atoms with E-state index in [2.05, 4.69) is 32.5 Å². The normalized spacial score (nSPS) is 18.6. The molecule has 154 valence electrons. The van der Waals surface area contributed by atoms with Gasteiger partial charge in [0.25, 0.3) is 0 Å². The number of hydrogen-bond acceptors (Lipinski definition) is 5. The van der Waals surface area contributed by atoms with Crippen molar-refractivity contribution in [3.05, 3.63) is 60.7 Å². The summed E-state index contributed by atoms with van der Waals surface area (Å²) in [4.78, 5) is 25.6. The molecule has 0 bridgehead atoms. The summed E-state index contributed by atoms with van der Waals surface area (Å²) in [5, 5.41) is 6.53. The number of amides is 1. The smallest absolute Gasteiger partial charge is 0.227 e. The second kappa shape index (κ2) is 9.03. The van der Waals surface area contributed by atoms with Crippen molar-refractivity contribution in [2.24, 2.45) is 11.8 Å². The summed E-state index contributed by atoms with van der Waals surface area (Å²) in [5.41, 5.74) is 4.46. The SMILES string of the molecule is Cc1ccc(NC(=O)C2CCCC(C)C2)cc1Nc1ncccc1-c1ccncn1. The van der Waals surface area contributed by atoms with Crippen LogP contribution >= 0.6 is 0 Å². The molecule has 2 unspecified atom stereocenters. The first-order valence-electron chi connectivity index (χ1n) is 10.5. The number of rotatable bonds is 5. The minimum absolute atomic E-state index is 0.103. The Morgan fingerprint density at radius 1 is 1.10 bits per heavy atom. The molecule has 3 aromatic rings. The van der Waals surface area contributed by atoms with Gasteiger partial charge in [-0.05, 0) is 61.6 Å². The molecule has 6 heteroatoms. The first-order chi connectivity index (χ1) is 14.6. The quantitative estimate of drug-likeness (QED) is 0.602. The fourth-order valence-corrected chi connectivity index (χ4v) is 4.04. The summed E-state index contributed by atoms with van der Waals surface area (Å²) in [6.45, 7) is 4.26. The van der Waals surface area contributed by atoms with E-state index in [1.807, 2.05) is 43.3 Å². The highest BCUT2D eigenvalue weighted by Crippen LogP contribution is 2.31. The number of carbonyl (C=O) groups excluding carboxylic acids is 1. The number of hydrogen-bond donors (Lipinski definition) is 2. The molecular weight excluding hydrogens is 374 g/mol. The molecule has 30 heavy (non-hydrogen) atoms. The minimum Gasteiger partial charge on any atom is -0.339 e. The Kier molecular flexibility index (Phi) is 6.02. The molecule has 6 nitrogen and oxygen atoms in total. The zero-order chi connectivity index (χ0) is 20.9. The van der Waals surface area contributed by atoms with Crippen LogP contribution in [0.4, 0.5) is 17.2 Å². The molecule has 1 aromatic carbocycles. The number of benzene rings is 1. The fourth-order valence-electron chi connectivity index (χ4n) is 4.04. The lowest BCUT2D eigenvalue weighted by atomic mass is 9.82. The molecule has 2 atom stereocenters. The molecule has 4 rings (SSSR count). The number of nitrogens with zero attached hydrogens (tertiary/aromatic N) is 3. The Morgan fingerprint density at radius 2 is 2.00 bits per heavy atom. The zero-order valence-corrected chi connectivity index (χ0v) is 17.4. The standard InChI is InChI=1S/C24H27N5O/c1-16-5-3-6-18(13-16)24(30)28-19-9-8-17(2)22(14-19)29-23-20(7-4-11-26-23)21-10-12-25-15-27-21/h4,7-12,14-16,18H,3,5-6,13H2,1-2H3,(H,26,29)(H,28,30). The maximum atomic E-state index is 12.7. The summed E-state index contributed by atoms with van der Waals surface area (Å²) in [6, 6.07) is 11.7.